The monoisotopic (exact) mass is 389 g/mol. The molecule has 2 aromatic carbocycles. The van der Waals surface area contributed by atoms with E-state index in [2.05, 4.69) is 21.2 Å². The van der Waals surface area contributed by atoms with Gasteiger partial charge in [0.15, 0.2) is 5.78 Å². The summed E-state index contributed by atoms with van der Waals surface area (Å²) in [5.41, 5.74) is 1.67. The smallest absolute Gasteiger partial charge is 0.220 e. The molecule has 126 valence electrons. The summed E-state index contributed by atoms with van der Waals surface area (Å²) in [7, 11) is 1.63. The van der Waals surface area contributed by atoms with Crippen molar-refractivity contribution in [3.63, 3.8) is 0 Å². The number of nitrogens with one attached hydrogen (secondary N) is 1. The Morgan fingerprint density at radius 3 is 2.46 bits per heavy atom. The minimum absolute atomic E-state index is 0.0256. The van der Waals surface area contributed by atoms with Gasteiger partial charge in [-0.15, -0.1) is 0 Å². The van der Waals surface area contributed by atoms with E-state index >= 15 is 0 Å². The molecule has 0 aliphatic heterocycles. The molecule has 0 unspecified atom stereocenters. The standard InChI is InChI=1S/C19H20BrNO3/c1-24-18-5-3-2-4-15(18)12-13-21-19(23)11-10-17(22)14-6-8-16(20)9-7-14/h2-9H,10-13H2,1H3,(H,21,23). The van der Waals surface area contributed by atoms with Gasteiger partial charge in [0.05, 0.1) is 7.11 Å². The van der Waals surface area contributed by atoms with E-state index < -0.39 is 0 Å². The van der Waals surface area contributed by atoms with Crippen molar-refractivity contribution >= 4 is 27.6 Å². The number of halogens is 1. The molecule has 0 saturated carbocycles. The third-order valence-corrected chi connectivity index (χ3v) is 4.18. The number of para-hydroxylation sites is 1. The van der Waals surface area contributed by atoms with Gasteiger partial charge in [0, 0.05) is 29.4 Å². The SMILES string of the molecule is COc1ccccc1CCNC(=O)CCC(=O)c1ccc(Br)cc1. The number of benzene rings is 2. The highest BCUT2D eigenvalue weighted by atomic mass is 79.9. The maximum Gasteiger partial charge on any atom is 0.220 e. The molecule has 0 heterocycles. The lowest BCUT2D eigenvalue weighted by atomic mass is 10.1. The Hall–Kier alpha value is -2.14. The first-order chi connectivity index (χ1) is 11.6. The van der Waals surface area contributed by atoms with E-state index in [9.17, 15) is 9.59 Å². The lowest BCUT2D eigenvalue weighted by Crippen LogP contribution is -2.26. The highest BCUT2D eigenvalue weighted by molar-refractivity contribution is 9.10. The minimum Gasteiger partial charge on any atom is -0.496 e. The first kappa shape index (κ1) is 18.2. The zero-order valence-corrected chi connectivity index (χ0v) is 15.1. The predicted octanol–water partition coefficient (Wildman–Crippen LogP) is 3.78. The Morgan fingerprint density at radius 2 is 1.75 bits per heavy atom. The summed E-state index contributed by atoms with van der Waals surface area (Å²) in [6, 6.07) is 14.9. The second-order valence-electron chi connectivity index (χ2n) is 5.34. The Bertz CT molecular complexity index is 698. The van der Waals surface area contributed by atoms with Gasteiger partial charge in [0.2, 0.25) is 5.91 Å². The summed E-state index contributed by atoms with van der Waals surface area (Å²) in [6.45, 7) is 0.520. The number of rotatable bonds is 8. The van der Waals surface area contributed by atoms with Gasteiger partial charge in [-0.05, 0) is 30.2 Å². The number of hydrogen-bond donors (Lipinski definition) is 1. The fraction of sp³-hybridized carbons (Fsp3) is 0.263. The maximum atomic E-state index is 12.0. The Kier molecular flexibility index (Phi) is 7.00. The first-order valence-electron chi connectivity index (χ1n) is 7.77. The average Bonchev–Trinajstić information content (AvgIpc) is 2.60. The highest BCUT2D eigenvalue weighted by Gasteiger charge is 2.09. The van der Waals surface area contributed by atoms with Crippen molar-refractivity contribution in [2.45, 2.75) is 19.3 Å². The van der Waals surface area contributed by atoms with Crippen molar-refractivity contribution in [3.8, 4) is 5.75 Å². The zero-order valence-electron chi connectivity index (χ0n) is 13.5. The summed E-state index contributed by atoms with van der Waals surface area (Å²) < 4.78 is 6.20. The molecule has 1 N–H and O–H groups in total. The van der Waals surface area contributed by atoms with E-state index in [1.807, 2.05) is 36.4 Å². The van der Waals surface area contributed by atoms with Gasteiger partial charge in [0.1, 0.15) is 5.75 Å². The van der Waals surface area contributed by atoms with Gasteiger partial charge in [-0.3, -0.25) is 9.59 Å². The normalized spacial score (nSPS) is 10.2. The Balaban J connectivity index is 1.73. The summed E-state index contributed by atoms with van der Waals surface area (Å²) in [6.07, 6.45) is 1.10. The lowest BCUT2D eigenvalue weighted by Gasteiger charge is -2.09. The second kappa shape index (κ2) is 9.23. The Labute approximate surface area is 150 Å². The first-order valence-corrected chi connectivity index (χ1v) is 8.57. The van der Waals surface area contributed by atoms with E-state index in [0.29, 0.717) is 18.5 Å². The molecular formula is C19H20BrNO3. The van der Waals surface area contributed by atoms with Crippen molar-refractivity contribution < 1.29 is 14.3 Å². The molecule has 4 nitrogen and oxygen atoms in total. The van der Waals surface area contributed by atoms with Crippen molar-refractivity contribution in [2.24, 2.45) is 0 Å². The molecule has 0 fully saturated rings. The highest BCUT2D eigenvalue weighted by Crippen LogP contribution is 2.17. The maximum absolute atomic E-state index is 12.0. The summed E-state index contributed by atoms with van der Waals surface area (Å²) >= 11 is 3.33. The Morgan fingerprint density at radius 1 is 1.04 bits per heavy atom. The largest absolute Gasteiger partial charge is 0.496 e. The van der Waals surface area contributed by atoms with Crippen LogP contribution in [0.5, 0.6) is 5.75 Å². The van der Waals surface area contributed by atoms with Crippen LogP contribution in [0.3, 0.4) is 0 Å². The molecule has 0 bridgehead atoms. The van der Waals surface area contributed by atoms with Crippen molar-refractivity contribution in [1.82, 2.24) is 5.32 Å². The van der Waals surface area contributed by atoms with Crippen molar-refractivity contribution in [3.05, 3.63) is 64.1 Å². The summed E-state index contributed by atoms with van der Waals surface area (Å²) in [5, 5.41) is 2.84. The molecule has 0 saturated heterocycles. The van der Waals surface area contributed by atoms with Crippen LogP contribution in [-0.4, -0.2) is 25.3 Å². The molecule has 1 amide bonds. The lowest BCUT2D eigenvalue weighted by molar-refractivity contribution is -0.121. The van der Waals surface area contributed by atoms with Crippen LogP contribution < -0.4 is 10.1 Å². The number of carbonyl (C=O) groups is 2. The second-order valence-corrected chi connectivity index (χ2v) is 6.26. The van der Waals surface area contributed by atoms with Gasteiger partial charge < -0.3 is 10.1 Å². The van der Waals surface area contributed by atoms with Crippen LogP contribution in [0.1, 0.15) is 28.8 Å². The number of amides is 1. The number of hydrogen-bond acceptors (Lipinski definition) is 3. The number of carbonyl (C=O) groups excluding carboxylic acids is 2. The van der Waals surface area contributed by atoms with Crippen molar-refractivity contribution in [1.29, 1.82) is 0 Å². The van der Waals surface area contributed by atoms with E-state index in [0.717, 1.165) is 15.8 Å². The third kappa shape index (κ3) is 5.49. The molecule has 0 aromatic heterocycles. The van der Waals surface area contributed by atoms with Crippen molar-refractivity contribution in [2.75, 3.05) is 13.7 Å². The van der Waals surface area contributed by atoms with Gasteiger partial charge in [-0.2, -0.15) is 0 Å². The molecule has 0 radical (unpaired) electrons. The van der Waals surface area contributed by atoms with Crippen LogP contribution in [0.25, 0.3) is 0 Å². The van der Waals surface area contributed by atoms with Gasteiger partial charge in [-0.1, -0.05) is 46.3 Å². The van der Waals surface area contributed by atoms with E-state index in [1.54, 1.807) is 19.2 Å². The zero-order chi connectivity index (χ0) is 17.4. The van der Waals surface area contributed by atoms with Crippen LogP contribution in [0, 0.1) is 0 Å². The average molecular weight is 390 g/mol. The van der Waals surface area contributed by atoms with Crippen LogP contribution in [0.15, 0.2) is 53.0 Å². The van der Waals surface area contributed by atoms with E-state index in [4.69, 9.17) is 4.74 Å². The minimum atomic E-state index is -0.115. The quantitative estimate of drug-likeness (QED) is 0.698. The van der Waals surface area contributed by atoms with Gasteiger partial charge >= 0.3 is 0 Å². The topological polar surface area (TPSA) is 55.4 Å². The number of ketones is 1. The molecule has 2 aromatic rings. The fourth-order valence-electron chi connectivity index (χ4n) is 2.34. The molecule has 0 spiro atoms. The third-order valence-electron chi connectivity index (χ3n) is 3.65. The molecule has 2 rings (SSSR count). The number of ether oxygens (including phenoxy) is 1. The summed E-state index contributed by atoms with van der Waals surface area (Å²) in [5.74, 6) is 0.676. The molecule has 24 heavy (non-hydrogen) atoms. The number of Topliss-reactive ketones (excluding diaryl/α,β-unsaturated/α-hetero) is 1. The van der Waals surface area contributed by atoms with Crippen LogP contribution >= 0.6 is 15.9 Å². The molecule has 5 heteroatoms. The number of methoxy groups -OCH3 is 1. The molecular weight excluding hydrogens is 370 g/mol. The predicted molar refractivity (Wildman–Crippen MR) is 97.4 cm³/mol. The van der Waals surface area contributed by atoms with Gasteiger partial charge in [0.25, 0.3) is 0 Å². The van der Waals surface area contributed by atoms with Crippen LogP contribution in [0.4, 0.5) is 0 Å². The molecule has 0 aliphatic rings. The van der Waals surface area contributed by atoms with E-state index in [1.165, 1.54) is 0 Å². The van der Waals surface area contributed by atoms with E-state index in [-0.39, 0.29) is 24.5 Å². The summed E-state index contributed by atoms with van der Waals surface area (Å²) in [4.78, 5) is 23.9. The molecule has 0 aliphatic carbocycles. The molecule has 0 atom stereocenters. The van der Waals surface area contributed by atoms with Crippen LogP contribution in [0.2, 0.25) is 0 Å². The van der Waals surface area contributed by atoms with Crippen LogP contribution in [-0.2, 0) is 11.2 Å². The fourth-order valence-corrected chi connectivity index (χ4v) is 2.61. The van der Waals surface area contributed by atoms with Gasteiger partial charge in [-0.25, -0.2) is 0 Å².